The number of benzene rings is 1. The second-order valence-electron chi connectivity index (χ2n) is 4.49. The van der Waals surface area contributed by atoms with Gasteiger partial charge in [0.2, 0.25) is 17.1 Å². The molecule has 0 radical (unpaired) electrons. The fourth-order valence-corrected chi connectivity index (χ4v) is 2.62. The monoisotopic (exact) mass is 286 g/mol. The number of nitrogens with zero attached hydrogens (tertiary/aromatic N) is 4. The first kappa shape index (κ1) is 12.7. The van der Waals surface area contributed by atoms with Crippen molar-refractivity contribution in [1.82, 2.24) is 19.9 Å². The molecule has 0 unspecified atom stereocenters. The summed E-state index contributed by atoms with van der Waals surface area (Å²) in [6.45, 7) is 0. The number of aromatic nitrogens is 4. The van der Waals surface area contributed by atoms with Crippen molar-refractivity contribution in [3.63, 3.8) is 0 Å². The van der Waals surface area contributed by atoms with Gasteiger partial charge in [0, 0.05) is 25.0 Å². The standard InChI is InChI=1S/C13H14N6S/c1-19(2)12-16-11(14)17-13(18-12)20-10-7-8-5-3-4-6-9(8)15-10/h3-7,15H,1-2H3,(H2,14,16,17,18). The predicted molar refractivity (Wildman–Crippen MR) is 81.0 cm³/mol. The minimum atomic E-state index is 0.224. The lowest BCUT2D eigenvalue weighted by Crippen LogP contribution is -2.15. The Kier molecular flexibility index (Phi) is 3.19. The van der Waals surface area contributed by atoms with Crippen LogP contribution in [0.5, 0.6) is 0 Å². The summed E-state index contributed by atoms with van der Waals surface area (Å²) >= 11 is 1.43. The van der Waals surface area contributed by atoms with E-state index in [1.807, 2.05) is 32.3 Å². The Morgan fingerprint density at radius 1 is 1.15 bits per heavy atom. The van der Waals surface area contributed by atoms with Gasteiger partial charge in [0.05, 0.1) is 5.03 Å². The van der Waals surface area contributed by atoms with E-state index < -0.39 is 0 Å². The van der Waals surface area contributed by atoms with Gasteiger partial charge < -0.3 is 15.6 Å². The Morgan fingerprint density at radius 3 is 2.70 bits per heavy atom. The zero-order valence-corrected chi connectivity index (χ0v) is 12.0. The zero-order chi connectivity index (χ0) is 14.1. The van der Waals surface area contributed by atoms with Gasteiger partial charge in [-0.05, 0) is 23.9 Å². The highest BCUT2D eigenvalue weighted by atomic mass is 32.2. The number of hydrogen-bond donors (Lipinski definition) is 2. The fraction of sp³-hybridized carbons (Fsp3) is 0.154. The Labute approximate surface area is 120 Å². The van der Waals surface area contributed by atoms with Crippen molar-refractivity contribution in [2.24, 2.45) is 0 Å². The fourth-order valence-electron chi connectivity index (χ4n) is 1.81. The van der Waals surface area contributed by atoms with Crippen molar-refractivity contribution in [3.05, 3.63) is 30.3 Å². The largest absolute Gasteiger partial charge is 0.368 e. The Morgan fingerprint density at radius 2 is 1.95 bits per heavy atom. The molecule has 7 heteroatoms. The number of hydrogen-bond acceptors (Lipinski definition) is 6. The molecular formula is C13H14N6S. The van der Waals surface area contributed by atoms with Crippen molar-refractivity contribution >= 4 is 34.6 Å². The quantitative estimate of drug-likeness (QED) is 0.767. The number of nitrogens with two attached hydrogens (primary N) is 1. The van der Waals surface area contributed by atoms with Crippen LogP contribution in [-0.2, 0) is 0 Å². The maximum Gasteiger partial charge on any atom is 0.230 e. The molecule has 2 aromatic heterocycles. The van der Waals surface area contributed by atoms with E-state index >= 15 is 0 Å². The van der Waals surface area contributed by atoms with Crippen LogP contribution >= 0.6 is 11.8 Å². The second kappa shape index (κ2) is 5.01. The molecule has 0 fully saturated rings. The van der Waals surface area contributed by atoms with Gasteiger partial charge in [-0.15, -0.1) is 0 Å². The van der Waals surface area contributed by atoms with Crippen molar-refractivity contribution < 1.29 is 0 Å². The molecule has 6 nitrogen and oxygen atoms in total. The predicted octanol–water partition coefficient (Wildman–Crippen LogP) is 2.15. The molecule has 3 aromatic rings. The van der Waals surface area contributed by atoms with Crippen LogP contribution < -0.4 is 10.6 Å². The summed E-state index contributed by atoms with van der Waals surface area (Å²) in [6.07, 6.45) is 0. The summed E-state index contributed by atoms with van der Waals surface area (Å²) in [5.41, 5.74) is 6.80. The summed E-state index contributed by atoms with van der Waals surface area (Å²) in [5, 5.41) is 2.71. The van der Waals surface area contributed by atoms with Gasteiger partial charge in [-0.2, -0.15) is 15.0 Å². The zero-order valence-electron chi connectivity index (χ0n) is 11.2. The van der Waals surface area contributed by atoms with E-state index in [4.69, 9.17) is 5.73 Å². The molecule has 3 N–H and O–H groups in total. The van der Waals surface area contributed by atoms with Gasteiger partial charge in [-0.25, -0.2) is 0 Å². The van der Waals surface area contributed by atoms with E-state index in [9.17, 15) is 0 Å². The summed E-state index contributed by atoms with van der Waals surface area (Å²) in [4.78, 5) is 17.7. The third kappa shape index (κ3) is 2.53. The first-order valence-electron chi connectivity index (χ1n) is 6.06. The molecule has 0 spiro atoms. The molecule has 2 heterocycles. The van der Waals surface area contributed by atoms with Crippen LogP contribution in [0.15, 0.2) is 40.5 Å². The number of fused-ring (bicyclic) bond motifs is 1. The molecule has 0 aliphatic rings. The molecule has 0 aliphatic heterocycles. The smallest absolute Gasteiger partial charge is 0.230 e. The first-order valence-corrected chi connectivity index (χ1v) is 6.88. The van der Waals surface area contributed by atoms with Gasteiger partial charge in [0.1, 0.15) is 0 Å². The van der Waals surface area contributed by atoms with E-state index in [-0.39, 0.29) is 5.95 Å². The van der Waals surface area contributed by atoms with Crippen LogP contribution in [0.4, 0.5) is 11.9 Å². The van der Waals surface area contributed by atoms with E-state index in [0.717, 1.165) is 15.9 Å². The second-order valence-corrected chi connectivity index (χ2v) is 5.50. The minimum Gasteiger partial charge on any atom is -0.368 e. The highest BCUT2D eigenvalue weighted by molar-refractivity contribution is 7.99. The SMILES string of the molecule is CN(C)c1nc(N)nc(Sc2cc3ccccc3[nH]2)n1. The molecular weight excluding hydrogens is 272 g/mol. The van der Waals surface area contributed by atoms with Crippen LogP contribution in [-0.4, -0.2) is 34.0 Å². The van der Waals surface area contributed by atoms with Gasteiger partial charge in [-0.3, -0.25) is 0 Å². The Hall–Kier alpha value is -2.28. The van der Waals surface area contributed by atoms with Crippen LogP contribution in [0, 0.1) is 0 Å². The molecule has 1 aromatic carbocycles. The van der Waals surface area contributed by atoms with Gasteiger partial charge in [0.15, 0.2) is 0 Å². The van der Waals surface area contributed by atoms with E-state index in [2.05, 4.69) is 32.1 Å². The van der Waals surface area contributed by atoms with Crippen LogP contribution in [0.2, 0.25) is 0 Å². The number of rotatable bonds is 3. The Balaban J connectivity index is 1.94. The average Bonchev–Trinajstić information content (AvgIpc) is 2.79. The lowest BCUT2D eigenvalue weighted by atomic mass is 10.3. The van der Waals surface area contributed by atoms with Crippen molar-refractivity contribution in [1.29, 1.82) is 0 Å². The van der Waals surface area contributed by atoms with Crippen LogP contribution in [0.1, 0.15) is 0 Å². The van der Waals surface area contributed by atoms with Crippen LogP contribution in [0.25, 0.3) is 10.9 Å². The third-order valence-electron chi connectivity index (χ3n) is 2.73. The topological polar surface area (TPSA) is 83.7 Å². The molecule has 0 saturated carbocycles. The van der Waals surface area contributed by atoms with E-state index in [0.29, 0.717) is 11.1 Å². The van der Waals surface area contributed by atoms with Crippen molar-refractivity contribution in [3.8, 4) is 0 Å². The number of aromatic amines is 1. The maximum absolute atomic E-state index is 5.71. The van der Waals surface area contributed by atoms with Crippen molar-refractivity contribution in [2.75, 3.05) is 24.7 Å². The lowest BCUT2D eigenvalue weighted by molar-refractivity contribution is 0.875. The lowest BCUT2D eigenvalue weighted by Gasteiger charge is -2.10. The summed E-state index contributed by atoms with van der Waals surface area (Å²) in [7, 11) is 3.73. The normalized spacial score (nSPS) is 10.9. The molecule has 102 valence electrons. The van der Waals surface area contributed by atoms with E-state index in [1.165, 1.54) is 11.8 Å². The van der Waals surface area contributed by atoms with E-state index in [1.54, 1.807) is 4.90 Å². The molecule has 0 aliphatic carbocycles. The number of H-pyrrole nitrogens is 1. The van der Waals surface area contributed by atoms with Crippen LogP contribution in [0.3, 0.4) is 0 Å². The molecule has 0 atom stereocenters. The number of nitrogens with one attached hydrogen (secondary N) is 1. The number of para-hydroxylation sites is 1. The first-order chi connectivity index (χ1) is 9.61. The summed E-state index contributed by atoms with van der Waals surface area (Å²) in [6, 6.07) is 10.2. The minimum absolute atomic E-state index is 0.224. The molecule has 3 rings (SSSR count). The van der Waals surface area contributed by atoms with Gasteiger partial charge in [0.25, 0.3) is 0 Å². The summed E-state index contributed by atoms with van der Waals surface area (Å²) in [5.74, 6) is 0.776. The summed E-state index contributed by atoms with van der Waals surface area (Å²) < 4.78 is 0. The maximum atomic E-state index is 5.71. The van der Waals surface area contributed by atoms with Gasteiger partial charge >= 0.3 is 0 Å². The number of nitrogen functional groups attached to an aromatic ring is 1. The average molecular weight is 286 g/mol. The van der Waals surface area contributed by atoms with Crippen molar-refractivity contribution in [2.45, 2.75) is 10.2 Å². The molecule has 0 amide bonds. The molecule has 0 bridgehead atoms. The Bertz CT molecular complexity index is 718. The van der Waals surface area contributed by atoms with Gasteiger partial charge in [-0.1, -0.05) is 18.2 Å². The molecule has 20 heavy (non-hydrogen) atoms. The highest BCUT2D eigenvalue weighted by Gasteiger charge is 2.09. The highest BCUT2D eigenvalue weighted by Crippen LogP contribution is 2.28. The number of anilines is 2. The third-order valence-corrected chi connectivity index (χ3v) is 3.53. The molecule has 0 saturated heterocycles.